The maximum absolute atomic E-state index is 6.44. The van der Waals surface area contributed by atoms with E-state index < -0.39 is 14.5 Å². The van der Waals surface area contributed by atoms with Gasteiger partial charge < -0.3 is 8.53 Å². The molecule has 0 saturated carbocycles. The van der Waals surface area contributed by atoms with Crippen LogP contribution in [0.25, 0.3) is 0 Å². The average molecular weight is 314 g/mol. The Morgan fingerprint density at radius 3 is 1.90 bits per heavy atom. The van der Waals surface area contributed by atoms with Gasteiger partial charge in [-0.15, -0.1) is 0 Å². The van der Waals surface area contributed by atoms with Gasteiger partial charge in [-0.25, -0.2) is 0 Å². The van der Waals surface area contributed by atoms with Crippen molar-refractivity contribution in [1.29, 1.82) is 0 Å². The van der Waals surface area contributed by atoms with Crippen LogP contribution in [0, 0.1) is 11.8 Å². The molecule has 126 valence electrons. The highest BCUT2D eigenvalue weighted by atomic mass is 27.2. The fourth-order valence-electron chi connectivity index (χ4n) is 2.64. The number of rotatable bonds is 14. The molecule has 0 aromatic heterocycles. The van der Waals surface area contributed by atoms with Gasteiger partial charge in [-0.05, 0) is 12.8 Å². The lowest BCUT2D eigenvalue weighted by Gasteiger charge is -2.25. The molecule has 0 aromatic rings. The van der Waals surface area contributed by atoms with Crippen LogP contribution in [-0.4, -0.2) is 27.4 Å². The average Bonchev–Trinajstić information content (AvgIpc) is 2.37. The fraction of sp³-hybridized carbons (Fsp3) is 1.00. The minimum Gasteiger partial charge on any atom is -0.478 e. The van der Waals surface area contributed by atoms with E-state index in [0.717, 1.165) is 31.3 Å². The summed E-state index contributed by atoms with van der Waals surface area (Å²) in [6.07, 6.45) is 7.32. The van der Waals surface area contributed by atoms with Crippen LogP contribution in [0.5, 0.6) is 0 Å². The Morgan fingerprint density at radius 2 is 1.43 bits per heavy atom. The van der Waals surface area contributed by atoms with Crippen LogP contribution in [0.2, 0.25) is 10.6 Å². The molecule has 21 heavy (non-hydrogen) atoms. The van der Waals surface area contributed by atoms with Gasteiger partial charge in [0.1, 0.15) is 6.29 Å². The third-order valence-electron chi connectivity index (χ3n) is 3.64. The molecule has 0 spiro atoms. The van der Waals surface area contributed by atoms with E-state index in [1.54, 1.807) is 0 Å². The van der Waals surface area contributed by atoms with E-state index in [9.17, 15) is 0 Å². The van der Waals surface area contributed by atoms with Gasteiger partial charge in [0.15, 0.2) is 0 Å². The van der Waals surface area contributed by atoms with Gasteiger partial charge in [0.2, 0.25) is 0 Å². The maximum atomic E-state index is 6.44. The van der Waals surface area contributed by atoms with Crippen molar-refractivity contribution in [2.75, 3.05) is 6.61 Å². The van der Waals surface area contributed by atoms with Crippen molar-refractivity contribution in [1.82, 2.24) is 0 Å². The normalized spacial score (nSPS) is 13.1. The van der Waals surface area contributed by atoms with Gasteiger partial charge in [0, 0.05) is 6.61 Å². The van der Waals surface area contributed by atoms with Gasteiger partial charge in [-0.2, -0.15) is 0 Å². The molecule has 0 fully saturated rings. The summed E-state index contributed by atoms with van der Waals surface area (Å²) >= 11 is -1.13. The number of hydrogen-bond donors (Lipinski definition) is 0. The lowest BCUT2D eigenvalue weighted by molar-refractivity contribution is -0.0892. The molecule has 0 heterocycles. The highest BCUT2D eigenvalue weighted by Crippen LogP contribution is 2.19. The molecule has 3 heteroatoms. The van der Waals surface area contributed by atoms with Crippen molar-refractivity contribution in [3.05, 3.63) is 0 Å². The third-order valence-corrected chi connectivity index (χ3v) is 7.26. The minimum absolute atomic E-state index is 0.0609. The first-order valence-corrected chi connectivity index (χ1v) is 11.4. The maximum Gasteiger partial charge on any atom is 0.463 e. The van der Waals surface area contributed by atoms with Crippen molar-refractivity contribution >= 4 is 14.5 Å². The number of unbranched alkanes of at least 4 members (excludes halogenated alkanes) is 3. The van der Waals surface area contributed by atoms with E-state index in [4.69, 9.17) is 8.53 Å². The fourth-order valence-corrected chi connectivity index (χ4v) is 5.81. The lowest BCUT2D eigenvalue weighted by Crippen LogP contribution is -2.30. The predicted octanol–water partition coefficient (Wildman–Crippen LogP) is 6.03. The Kier molecular flexibility index (Phi) is 14.4. The highest BCUT2D eigenvalue weighted by molar-refractivity contribution is 6.52. The Bertz CT molecular complexity index is 209. The molecule has 0 saturated heterocycles. The van der Waals surface area contributed by atoms with Crippen LogP contribution < -0.4 is 0 Å². The van der Waals surface area contributed by atoms with E-state index in [0.29, 0.717) is 0 Å². The Labute approximate surface area is 138 Å². The van der Waals surface area contributed by atoms with Crippen LogP contribution in [0.3, 0.4) is 0 Å². The standard InChI is InChI=1S/C10H21O2.2C4H9.Al/c1-3-5-6-7-9-12-10(11)8-4-2;2*1-4(2)3;/h10H,3-9H2,1-2H3;2*4H,1H2,2-3H3;/q-1;;;+1. The Balaban J connectivity index is 4.19. The molecule has 1 unspecified atom stereocenters. The van der Waals surface area contributed by atoms with E-state index in [-0.39, 0.29) is 6.29 Å². The van der Waals surface area contributed by atoms with Crippen molar-refractivity contribution < 1.29 is 8.53 Å². The van der Waals surface area contributed by atoms with Gasteiger partial charge in [-0.1, -0.05) is 89.6 Å². The second-order valence-corrected chi connectivity index (χ2v) is 9.63. The van der Waals surface area contributed by atoms with E-state index in [2.05, 4.69) is 41.5 Å². The third kappa shape index (κ3) is 13.8. The van der Waals surface area contributed by atoms with Gasteiger partial charge in [-0.3, -0.25) is 0 Å². The summed E-state index contributed by atoms with van der Waals surface area (Å²) in [5.41, 5.74) is 0. The van der Waals surface area contributed by atoms with Crippen molar-refractivity contribution in [3.63, 3.8) is 0 Å². The van der Waals surface area contributed by atoms with Crippen LogP contribution >= 0.6 is 0 Å². The molecule has 0 radical (unpaired) electrons. The molecule has 0 aliphatic heterocycles. The zero-order valence-corrected chi connectivity index (χ0v) is 16.6. The van der Waals surface area contributed by atoms with Gasteiger partial charge in [0.05, 0.1) is 0 Å². The predicted molar refractivity (Wildman–Crippen MR) is 94.9 cm³/mol. The van der Waals surface area contributed by atoms with Crippen molar-refractivity contribution in [2.45, 2.75) is 96.9 Å². The minimum atomic E-state index is -1.13. The summed E-state index contributed by atoms with van der Waals surface area (Å²) in [5.74, 6) is 1.49. The van der Waals surface area contributed by atoms with Crippen LogP contribution in [0.1, 0.15) is 80.1 Å². The molecule has 2 nitrogen and oxygen atoms in total. The van der Waals surface area contributed by atoms with Crippen molar-refractivity contribution in [2.24, 2.45) is 11.8 Å². The summed E-state index contributed by atoms with van der Waals surface area (Å²) in [6.45, 7) is 14.6. The first-order valence-electron chi connectivity index (χ1n) is 9.26. The van der Waals surface area contributed by atoms with Crippen LogP contribution in [0.15, 0.2) is 0 Å². The number of ether oxygens (including phenoxy) is 1. The van der Waals surface area contributed by atoms with E-state index in [1.807, 2.05) is 0 Å². The Morgan fingerprint density at radius 1 is 0.810 bits per heavy atom. The summed E-state index contributed by atoms with van der Waals surface area (Å²) in [5, 5.41) is 2.55. The molecule has 0 aromatic carbocycles. The van der Waals surface area contributed by atoms with E-state index >= 15 is 0 Å². The topological polar surface area (TPSA) is 18.5 Å². The lowest BCUT2D eigenvalue weighted by atomic mass is 10.2. The number of hydrogen-bond acceptors (Lipinski definition) is 2. The first-order chi connectivity index (χ1) is 9.99. The van der Waals surface area contributed by atoms with Crippen molar-refractivity contribution in [3.8, 4) is 0 Å². The largest absolute Gasteiger partial charge is 0.478 e. The monoisotopic (exact) mass is 314 g/mol. The molecule has 0 aliphatic carbocycles. The summed E-state index contributed by atoms with van der Waals surface area (Å²) in [6, 6.07) is 0. The molecular formula is C18H39AlO2. The zero-order chi connectivity index (χ0) is 16.1. The summed E-state index contributed by atoms with van der Waals surface area (Å²) in [4.78, 5) is 0. The molecule has 0 amide bonds. The highest BCUT2D eigenvalue weighted by Gasteiger charge is 2.26. The smallest absolute Gasteiger partial charge is 0.463 e. The van der Waals surface area contributed by atoms with Crippen LogP contribution in [-0.2, 0) is 8.53 Å². The first kappa shape index (κ1) is 21.5. The molecule has 1 atom stereocenters. The van der Waals surface area contributed by atoms with Crippen LogP contribution in [0.4, 0.5) is 0 Å². The summed E-state index contributed by atoms with van der Waals surface area (Å²) in [7, 11) is 0. The molecule has 0 aliphatic rings. The molecule has 0 rings (SSSR count). The quantitative estimate of drug-likeness (QED) is 0.221. The molecule has 0 N–H and O–H groups in total. The molecule has 0 bridgehead atoms. The van der Waals surface area contributed by atoms with Gasteiger partial charge in [0.25, 0.3) is 0 Å². The zero-order valence-electron chi connectivity index (χ0n) is 15.5. The van der Waals surface area contributed by atoms with Gasteiger partial charge >= 0.3 is 14.5 Å². The second kappa shape index (κ2) is 14.1. The second-order valence-electron chi connectivity index (χ2n) is 7.17. The summed E-state index contributed by atoms with van der Waals surface area (Å²) < 4.78 is 12.5. The Hall–Kier alpha value is 0.452. The molecular weight excluding hydrogens is 275 g/mol. The van der Waals surface area contributed by atoms with E-state index in [1.165, 1.54) is 36.2 Å². The SMILES string of the molecule is CCCCCCOC(CCC)[O][Al]([CH2]C(C)C)[CH2]C(C)C.